The number of rotatable bonds is 10. The minimum Gasteiger partial charge on any atom is -0.357 e. The maximum Gasteiger partial charge on any atom is 0.271 e. The fourth-order valence-corrected chi connectivity index (χ4v) is 5.53. The Kier molecular flexibility index (Phi) is 9.31. The number of carbonyl (C=O) groups excluding carboxylic acids is 2. The van der Waals surface area contributed by atoms with Crippen molar-refractivity contribution >= 4 is 56.4 Å². The topological polar surface area (TPSA) is 130 Å². The summed E-state index contributed by atoms with van der Waals surface area (Å²) in [7, 11) is -2.94. The SMILES string of the molecule is CNC(=O)[C@@H](C)N(Cc1ccc(Cl)cc1Cl)C(=O)CN(c1cccc([N+](=O)[O-])c1)S(=O)(=O)c1ccccc1. The molecule has 0 aliphatic rings. The Morgan fingerprint density at radius 1 is 1.03 bits per heavy atom. The van der Waals surface area contributed by atoms with Gasteiger partial charge in [-0.3, -0.25) is 24.0 Å². The molecule has 0 aromatic heterocycles. The Labute approximate surface area is 230 Å². The van der Waals surface area contributed by atoms with Gasteiger partial charge in [0.05, 0.1) is 15.5 Å². The highest BCUT2D eigenvalue weighted by Crippen LogP contribution is 2.28. The number of likely N-dealkylation sites (N-methyl/N-ethyl adjacent to an activating group) is 1. The van der Waals surface area contributed by atoms with Crippen LogP contribution in [0.1, 0.15) is 12.5 Å². The molecule has 200 valence electrons. The number of nitro benzene ring substituents is 1. The Morgan fingerprint density at radius 2 is 1.71 bits per heavy atom. The lowest BCUT2D eigenvalue weighted by Crippen LogP contribution is -2.50. The van der Waals surface area contributed by atoms with Crippen LogP contribution < -0.4 is 9.62 Å². The summed E-state index contributed by atoms with van der Waals surface area (Å²) in [6.45, 7) is 0.618. The average molecular weight is 579 g/mol. The lowest BCUT2D eigenvalue weighted by molar-refractivity contribution is -0.384. The predicted molar refractivity (Wildman–Crippen MR) is 145 cm³/mol. The number of sulfonamides is 1. The maximum atomic E-state index is 13.7. The fourth-order valence-electron chi connectivity index (χ4n) is 3.64. The molecule has 0 aliphatic heterocycles. The first-order chi connectivity index (χ1) is 17.9. The van der Waals surface area contributed by atoms with Crippen molar-refractivity contribution in [1.82, 2.24) is 10.2 Å². The maximum absolute atomic E-state index is 13.7. The highest BCUT2D eigenvalue weighted by Gasteiger charge is 2.33. The van der Waals surface area contributed by atoms with Crippen LogP contribution in [0.2, 0.25) is 10.0 Å². The Morgan fingerprint density at radius 3 is 2.32 bits per heavy atom. The van der Waals surface area contributed by atoms with Crippen LogP contribution in [-0.4, -0.2) is 49.7 Å². The molecule has 0 aliphatic carbocycles. The number of nitrogens with zero attached hydrogens (tertiary/aromatic N) is 3. The van der Waals surface area contributed by atoms with E-state index in [1.54, 1.807) is 18.2 Å². The van der Waals surface area contributed by atoms with Crippen molar-refractivity contribution in [2.75, 3.05) is 17.9 Å². The van der Waals surface area contributed by atoms with Crippen molar-refractivity contribution in [2.24, 2.45) is 0 Å². The highest BCUT2D eigenvalue weighted by molar-refractivity contribution is 7.92. The van der Waals surface area contributed by atoms with Crippen LogP contribution in [0.4, 0.5) is 11.4 Å². The normalized spacial score (nSPS) is 11.9. The molecule has 38 heavy (non-hydrogen) atoms. The van der Waals surface area contributed by atoms with Crippen LogP contribution in [0.5, 0.6) is 0 Å². The monoisotopic (exact) mass is 578 g/mol. The van der Waals surface area contributed by atoms with Gasteiger partial charge in [-0.2, -0.15) is 0 Å². The number of nitro groups is 1. The van der Waals surface area contributed by atoms with E-state index in [1.807, 2.05) is 0 Å². The van der Waals surface area contributed by atoms with Gasteiger partial charge >= 0.3 is 0 Å². The molecule has 0 heterocycles. The van der Waals surface area contributed by atoms with Gasteiger partial charge < -0.3 is 10.2 Å². The standard InChI is InChI=1S/C25H24Cl2N4O6S/c1-17(25(33)28-2)29(15-18-11-12-19(26)13-23(18)27)24(32)16-30(20-7-6-8-21(14-20)31(34)35)38(36,37)22-9-4-3-5-10-22/h3-14,17H,15-16H2,1-2H3,(H,28,33)/t17-/m1/s1. The third-order valence-corrected chi connectivity index (χ3v) is 8.08. The van der Waals surface area contributed by atoms with Gasteiger partial charge in [0.25, 0.3) is 15.7 Å². The highest BCUT2D eigenvalue weighted by atomic mass is 35.5. The average Bonchev–Trinajstić information content (AvgIpc) is 2.90. The van der Waals surface area contributed by atoms with Crippen molar-refractivity contribution in [2.45, 2.75) is 24.4 Å². The molecule has 0 unspecified atom stereocenters. The van der Waals surface area contributed by atoms with Gasteiger partial charge in [-0.25, -0.2) is 8.42 Å². The van der Waals surface area contributed by atoms with E-state index in [0.29, 0.717) is 10.6 Å². The van der Waals surface area contributed by atoms with Crippen molar-refractivity contribution in [3.63, 3.8) is 0 Å². The number of amides is 2. The number of halogens is 2. The fraction of sp³-hybridized carbons (Fsp3) is 0.200. The zero-order chi connectivity index (χ0) is 28.0. The van der Waals surface area contributed by atoms with E-state index in [1.165, 1.54) is 67.4 Å². The van der Waals surface area contributed by atoms with E-state index >= 15 is 0 Å². The molecule has 0 radical (unpaired) electrons. The van der Waals surface area contributed by atoms with E-state index in [-0.39, 0.29) is 27.8 Å². The Bertz CT molecular complexity index is 1450. The summed E-state index contributed by atoms with van der Waals surface area (Å²) in [5.41, 5.74) is 0.0354. The second-order valence-electron chi connectivity index (χ2n) is 8.15. The van der Waals surface area contributed by atoms with Crippen LogP contribution in [0, 0.1) is 10.1 Å². The summed E-state index contributed by atoms with van der Waals surface area (Å²) in [6, 6.07) is 16.0. The van der Waals surface area contributed by atoms with Crippen molar-refractivity contribution in [3.8, 4) is 0 Å². The summed E-state index contributed by atoms with van der Waals surface area (Å²) < 4.78 is 28.1. The molecule has 1 atom stereocenters. The molecule has 1 N–H and O–H groups in total. The lowest BCUT2D eigenvalue weighted by atomic mass is 10.1. The van der Waals surface area contributed by atoms with E-state index < -0.39 is 39.3 Å². The number of non-ortho nitro benzene ring substituents is 1. The molecule has 0 saturated carbocycles. The van der Waals surface area contributed by atoms with Gasteiger partial charge in [0.2, 0.25) is 11.8 Å². The number of carbonyl (C=O) groups is 2. The zero-order valence-corrected chi connectivity index (χ0v) is 22.7. The minimum absolute atomic E-state index is 0.0894. The smallest absolute Gasteiger partial charge is 0.271 e. The molecule has 0 spiro atoms. The first kappa shape index (κ1) is 28.9. The van der Waals surface area contributed by atoms with Crippen molar-refractivity contribution < 1.29 is 22.9 Å². The third kappa shape index (κ3) is 6.60. The van der Waals surface area contributed by atoms with Crippen molar-refractivity contribution in [1.29, 1.82) is 0 Å². The Hall–Kier alpha value is -3.67. The number of hydrogen-bond acceptors (Lipinski definition) is 6. The van der Waals surface area contributed by atoms with E-state index in [9.17, 15) is 28.1 Å². The molecule has 10 nitrogen and oxygen atoms in total. The predicted octanol–water partition coefficient (Wildman–Crippen LogP) is 4.26. The largest absolute Gasteiger partial charge is 0.357 e. The first-order valence-electron chi connectivity index (χ1n) is 11.2. The molecule has 0 fully saturated rings. The number of anilines is 1. The van der Waals surface area contributed by atoms with Crippen LogP contribution in [0.3, 0.4) is 0 Å². The Balaban J connectivity index is 2.08. The molecular weight excluding hydrogens is 555 g/mol. The van der Waals surface area contributed by atoms with Crippen molar-refractivity contribution in [3.05, 3.63) is 98.5 Å². The van der Waals surface area contributed by atoms with Gasteiger partial charge in [0.15, 0.2) is 0 Å². The number of nitrogens with one attached hydrogen (secondary N) is 1. The first-order valence-corrected chi connectivity index (χ1v) is 13.4. The minimum atomic E-state index is -4.34. The van der Waals surface area contributed by atoms with E-state index in [4.69, 9.17) is 23.2 Å². The van der Waals surface area contributed by atoms with Gasteiger partial charge in [-0.1, -0.05) is 53.5 Å². The lowest BCUT2D eigenvalue weighted by Gasteiger charge is -2.32. The van der Waals surface area contributed by atoms with Gasteiger partial charge in [-0.05, 0) is 42.8 Å². The van der Waals surface area contributed by atoms with E-state index in [2.05, 4.69) is 5.32 Å². The summed E-state index contributed by atoms with van der Waals surface area (Å²) >= 11 is 12.3. The molecule has 0 saturated heterocycles. The quantitative estimate of drug-likeness (QED) is 0.282. The van der Waals surface area contributed by atoms with Gasteiger partial charge in [0, 0.05) is 35.8 Å². The molecule has 3 aromatic rings. The molecule has 3 aromatic carbocycles. The summed E-state index contributed by atoms with van der Waals surface area (Å²) in [6.07, 6.45) is 0. The molecule has 3 rings (SSSR count). The molecule has 0 bridgehead atoms. The van der Waals surface area contributed by atoms with Gasteiger partial charge in [-0.15, -0.1) is 0 Å². The third-order valence-electron chi connectivity index (χ3n) is 5.71. The summed E-state index contributed by atoms with van der Waals surface area (Å²) in [5.74, 6) is -1.23. The molecular formula is C25H24Cl2N4O6S. The van der Waals surface area contributed by atoms with Crippen LogP contribution >= 0.6 is 23.2 Å². The summed E-state index contributed by atoms with van der Waals surface area (Å²) in [4.78, 5) is 38.0. The van der Waals surface area contributed by atoms with Crippen LogP contribution in [-0.2, 0) is 26.2 Å². The van der Waals surface area contributed by atoms with E-state index in [0.717, 1.165) is 10.4 Å². The zero-order valence-electron chi connectivity index (χ0n) is 20.4. The second-order valence-corrected chi connectivity index (χ2v) is 10.9. The number of benzene rings is 3. The van der Waals surface area contributed by atoms with Crippen LogP contribution in [0.25, 0.3) is 0 Å². The number of hydrogen-bond donors (Lipinski definition) is 1. The summed E-state index contributed by atoms with van der Waals surface area (Å²) in [5, 5.41) is 14.5. The van der Waals surface area contributed by atoms with Gasteiger partial charge in [0.1, 0.15) is 12.6 Å². The van der Waals surface area contributed by atoms with Crippen LogP contribution in [0.15, 0.2) is 77.7 Å². The second kappa shape index (κ2) is 12.2. The molecule has 13 heteroatoms. The molecule has 2 amide bonds.